The molecule has 0 saturated heterocycles. The Morgan fingerprint density at radius 3 is 2.87 bits per heavy atom. The number of aliphatic hydroxyl groups excluding tert-OH is 1. The van der Waals surface area contributed by atoms with Gasteiger partial charge in [0.1, 0.15) is 0 Å². The Bertz CT molecular complexity index is 350. The van der Waals surface area contributed by atoms with Crippen molar-refractivity contribution in [2.75, 3.05) is 7.11 Å². The summed E-state index contributed by atoms with van der Waals surface area (Å²) in [6.45, 7) is 0.0124. The number of benzene rings is 1. The van der Waals surface area contributed by atoms with Crippen molar-refractivity contribution >= 4 is 21.9 Å². The molecule has 0 radical (unpaired) electrons. The molecular formula is C11H13BrO3. The number of aryl methyl sites for hydroxylation is 1. The third-order valence-electron chi connectivity index (χ3n) is 2.12. The van der Waals surface area contributed by atoms with Crippen molar-refractivity contribution in [1.29, 1.82) is 0 Å². The monoisotopic (exact) mass is 272 g/mol. The topological polar surface area (TPSA) is 46.5 Å². The van der Waals surface area contributed by atoms with Crippen molar-refractivity contribution in [2.24, 2.45) is 0 Å². The van der Waals surface area contributed by atoms with Gasteiger partial charge in [0.15, 0.2) is 0 Å². The number of carbonyl (C=O) groups excluding carboxylic acids is 1. The summed E-state index contributed by atoms with van der Waals surface area (Å²) in [5.41, 5.74) is 1.85. The van der Waals surface area contributed by atoms with Gasteiger partial charge in [-0.25, -0.2) is 0 Å². The fourth-order valence-electron chi connectivity index (χ4n) is 1.26. The van der Waals surface area contributed by atoms with Gasteiger partial charge in [0.2, 0.25) is 0 Å². The first-order valence-electron chi connectivity index (χ1n) is 4.62. The van der Waals surface area contributed by atoms with E-state index in [2.05, 4.69) is 20.7 Å². The fraction of sp³-hybridized carbons (Fsp3) is 0.364. The molecule has 0 fully saturated rings. The predicted octanol–water partition coefficient (Wildman–Crippen LogP) is 2.05. The van der Waals surface area contributed by atoms with Gasteiger partial charge < -0.3 is 9.84 Å². The molecule has 4 heteroatoms. The van der Waals surface area contributed by atoms with Crippen LogP contribution in [0.3, 0.4) is 0 Å². The van der Waals surface area contributed by atoms with E-state index in [1.165, 1.54) is 7.11 Å². The average molecular weight is 273 g/mol. The van der Waals surface area contributed by atoms with E-state index in [1.807, 2.05) is 18.2 Å². The molecule has 0 bridgehead atoms. The number of hydrogen-bond donors (Lipinski definition) is 1. The summed E-state index contributed by atoms with van der Waals surface area (Å²) in [5, 5.41) is 8.97. The molecule has 1 rings (SSSR count). The summed E-state index contributed by atoms with van der Waals surface area (Å²) in [6, 6.07) is 5.59. The van der Waals surface area contributed by atoms with E-state index in [4.69, 9.17) is 5.11 Å². The van der Waals surface area contributed by atoms with E-state index in [9.17, 15) is 4.79 Å². The molecule has 0 aliphatic rings. The van der Waals surface area contributed by atoms with Crippen molar-refractivity contribution in [1.82, 2.24) is 0 Å². The Balaban J connectivity index is 2.70. The van der Waals surface area contributed by atoms with Crippen LogP contribution in [0.5, 0.6) is 0 Å². The number of aliphatic hydroxyl groups is 1. The van der Waals surface area contributed by atoms with Gasteiger partial charge in [0, 0.05) is 10.9 Å². The van der Waals surface area contributed by atoms with Crippen LogP contribution in [0.2, 0.25) is 0 Å². The van der Waals surface area contributed by atoms with Gasteiger partial charge in [0.25, 0.3) is 0 Å². The number of halogens is 1. The SMILES string of the molecule is COC(=O)CCc1cc(CO)ccc1Br. The minimum absolute atomic E-state index is 0.0124. The zero-order valence-corrected chi connectivity index (χ0v) is 10.1. The van der Waals surface area contributed by atoms with Crippen LogP contribution < -0.4 is 0 Å². The van der Waals surface area contributed by atoms with Gasteiger partial charge in [-0.15, -0.1) is 0 Å². The minimum Gasteiger partial charge on any atom is -0.469 e. The highest BCUT2D eigenvalue weighted by atomic mass is 79.9. The van der Waals surface area contributed by atoms with Crippen LogP contribution in [0.1, 0.15) is 17.5 Å². The highest BCUT2D eigenvalue weighted by molar-refractivity contribution is 9.10. The number of esters is 1. The molecule has 0 unspecified atom stereocenters. The smallest absolute Gasteiger partial charge is 0.305 e. The van der Waals surface area contributed by atoms with Crippen LogP contribution >= 0.6 is 15.9 Å². The Labute approximate surface area is 97.2 Å². The summed E-state index contributed by atoms with van der Waals surface area (Å²) in [6.07, 6.45) is 0.963. The highest BCUT2D eigenvalue weighted by Crippen LogP contribution is 2.20. The number of hydrogen-bond acceptors (Lipinski definition) is 3. The molecule has 0 aliphatic carbocycles. The predicted molar refractivity (Wildman–Crippen MR) is 60.4 cm³/mol. The first kappa shape index (κ1) is 12.2. The van der Waals surface area contributed by atoms with Crippen LogP contribution in [0.4, 0.5) is 0 Å². The molecule has 3 nitrogen and oxygen atoms in total. The highest BCUT2D eigenvalue weighted by Gasteiger charge is 2.05. The van der Waals surface area contributed by atoms with E-state index in [0.717, 1.165) is 15.6 Å². The van der Waals surface area contributed by atoms with Crippen LogP contribution in [0.15, 0.2) is 22.7 Å². The lowest BCUT2D eigenvalue weighted by atomic mass is 10.1. The number of carbonyl (C=O) groups is 1. The molecule has 0 aromatic heterocycles. The molecule has 0 saturated carbocycles. The molecule has 0 aliphatic heterocycles. The molecule has 82 valence electrons. The van der Waals surface area contributed by atoms with Crippen molar-refractivity contribution in [3.05, 3.63) is 33.8 Å². The first-order chi connectivity index (χ1) is 7.17. The maximum Gasteiger partial charge on any atom is 0.305 e. The Morgan fingerprint density at radius 2 is 2.27 bits per heavy atom. The van der Waals surface area contributed by atoms with E-state index < -0.39 is 0 Å². The molecule has 1 aromatic carbocycles. The quantitative estimate of drug-likeness (QED) is 0.854. The van der Waals surface area contributed by atoms with Gasteiger partial charge in [0.05, 0.1) is 13.7 Å². The maximum atomic E-state index is 11.0. The molecule has 1 aromatic rings. The number of ether oxygens (including phenoxy) is 1. The fourth-order valence-corrected chi connectivity index (χ4v) is 1.70. The van der Waals surface area contributed by atoms with Crippen LogP contribution in [0, 0.1) is 0 Å². The largest absolute Gasteiger partial charge is 0.469 e. The Kier molecular flexibility index (Phi) is 4.78. The molecule has 0 amide bonds. The first-order valence-corrected chi connectivity index (χ1v) is 5.41. The third-order valence-corrected chi connectivity index (χ3v) is 2.89. The summed E-state index contributed by atoms with van der Waals surface area (Å²) < 4.78 is 5.51. The summed E-state index contributed by atoms with van der Waals surface area (Å²) in [7, 11) is 1.38. The summed E-state index contributed by atoms with van der Waals surface area (Å²) >= 11 is 3.40. The second-order valence-electron chi connectivity index (χ2n) is 3.16. The molecular weight excluding hydrogens is 260 g/mol. The van der Waals surface area contributed by atoms with E-state index in [0.29, 0.717) is 12.8 Å². The maximum absolute atomic E-state index is 11.0. The van der Waals surface area contributed by atoms with Gasteiger partial charge in [-0.05, 0) is 23.6 Å². The third kappa shape index (κ3) is 3.64. The van der Waals surface area contributed by atoms with Crippen molar-refractivity contribution in [2.45, 2.75) is 19.4 Å². The lowest BCUT2D eigenvalue weighted by Gasteiger charge is -2.05. The number of methoxy groups -OCH3 is 1. The van der Waals surface area contributed by atoms with E-state index >= 15 is 0 Å². The zero-order valence-electron chi connectivity index (χ0n) is 8.50. The van der Waals surface area contributed by atoms with Gasteiger partial charge in [-0.1, -0.05) is 28.1 Å². The Morgan fingerprint density at radius 1 is 1.53 bits per heavy atom. The molecule has 15 heavy (non-hydrogen) atoms. The van der Waals surface area contributed by atoms with Crippen LogP contribution in [-0.4, -0.2) is 18.2 Å². The minimum atomic E-state index is -0.226. The molecule has 0 spiro atoms. The van der Waals surface area contributed by atoms with Gasteiger partial charge >= 0.3 is 5.97 Å². The van der Waals surface area contributed by atoms with Gasteiger partial charge in [-0.3, -0.25) is 4.79 Å². The van der Waals surface area contributed by atoms with Crippen molar-refractivity contribution < 1.29 is 14.6 Å². The van der Waals surface area contributed by atoms with Crippen molar-refractivity contribution in [3.63, 3.8) is 0 Å². The second-order valence-corrected chi connectivity index (χ2v) is 4.01. The van der Waals surface area contributed by atoms with E-state index in [1.54, 1.807) is 0 Å². The standard InChI is InChI=1S/C11H13BrO3/c1-15-11(14)5-3-9-6-8(7-13)2-4-10(9)12/h2,4,6,13H,3,5,7H2,1H3. The lowest BCUT2D eigenvalue weighted by molar-refractivity contribution is -0.140. The molecule has 0 atom stereocenters. The van der Waals surface area contributed by atoms with Crippen LogP contribution in [0.25, 0.3) is 0 Å². The summed E-state index contributed by atoms with van der Waals surface area (Å²) in [4.78, 5) is 11.0. The lowest BCUT2D eigenvalue weighted by Crippen LogP contribution is -2.02. The molecule has 0 heterocycles. The van der Waals surface area contributed by atoms with Crippen LogP contribution in [-0.2, 0) is 22.6 Å². The Hall–Kier alpha value is -0.870. The van der Waals surface area contributed by atoms with Gasteiger partial charge in [-0.2, -0.15) is 0 Å². The second kappa shape index (κ2) is 5.88. The molecule has 1 N–H and O–H groups in total. The van der Waals surface area contributed by atoms with Crippen molar-refractivity contribution in [3.8, 4) is 0 Å². The normalized spacial score (nSPS) is 10.1. The number of rotatable bonds is 4. The van der Waals surface area contributed by atoms with E-state index in [-0.39, 0.29) is 12.6 Å². The summed E-state index contributed by atoms with van der Waals surface area (Å²) in [5.74, 6) is -0.226. The average Bonchev–Trinajstić information content (AvgIpc) is 2.27. The zero-order chi connectivity index (χ0) is 11.3.